The van der Waals surface area contributed by atoms with Gasteiger partial charge in [-0.2, -0.15) is 5.26 Å². The lowest BCUT2D eigenvalue weighted by Crippen LogP contribution is -2.03. The van der Waals surface area contributed by atoms with Crippen LogP contribution in [-0.4, -0.2) is 11.1 Å². The number of aryl methyl sites for hydroxylation is 1. The van der Waals surface area contributed by atoms with Gasteiger partial charge in [0, 0.05) is 0 Å². The van der Waals surface area contributed by atoms with Crippen LogP contribution in [0.1, 0.15) is 27.0 Å². The van der Waals surface area contributed by atoms with Crippen molar-refractivity contribution < 1.29 is 9.90 Å². The first kappa shape index (κ1) is 10.3. The molecule has 0 saturated heterocycles. The molecular weight excluding hydrogens is 178 g/mol. The molecular formula is C11H11NO2. The summed E-state index contributed by atoms with van der Waals surface area (Å²) in [6.07, 6.45) is 0.251. The van der Waals surface area contributed by atoms with E-state index in [-0.39, 0.29) is 12.0 Å². The number of hydrogen-bond donors (Lipinski definition) is 1. The Morgan fingerprint density at radius 3 is 2.64 bits per heavy atom. The van der Waals surface area contributed by atoms with Gasteiger partial charge in [-0.15, -0.1) is 0 Å². The fourth-order valence-electron chi connectivity index (χ4n) is 1.35. The normalized spacial score (nSPS) is 9.50. The van der Waals surface area contributed by atoms with Crippen molar-refractivity contribution in [1.82, 2.24) is 0 Å². The van der Waals surface area contributed by atoms with Crippen LogP contribution in [0.15, 0.2) is 12.1 Å². The highest BCUT2D eigenvalue weighted by Gasteiger charge is 2.10. The average molecular weight is 189 g/mol. The van der Waals surface area contributed by atoms with Crippen LogP contribution in [0.4, 0.5) is 0 Å². The van der Waals surface area contributed by atoms with Crippen molar-refractivity contribution in [3.05, 3.63) is 34.4 Å². The molecule has 0 saturated carbocycles. The van der Waals surface area contributed by atoms with Gasteiger partial charge in [0.15, 0.2) is 0 Å². The molecule has 3 heteroatoms. The molecule has 0 atom stereocenters. The van der Waals surface area contributed by atoms with Crippen molar-refractivity contribution in [2.45, 2.75) is 20.3 Å². The molecule has 0 fully saturated rings. The highest BCUT2D eigenvalue weighted by molar-refractivity contribution is 5.90. The van der Waals surface area contributed by atoms with Crippen molar-refractivity contribution in [3.63, 3.8) is 0 Å². The molecule has 0 amide bonds. The van der Waals surface area contributed by atoms with Gasteiger partial charge in [-0.3, -0.25) is 0 Å². The summed E-state index contributed by atoms with van der Waals surface area (Å²) in [6.45, 7) is 3.62. The molecule has 0 aliphatic carbocycles. The Morgan fingerprint density at radius 1 is 1.50 bits per heavy atom. The number of hydrogen-bond acceptors (Lipinski definition) is 2. The molecule has 0 unspecified atom stereocenters. The Kier molecular flexibility index (Phi) is 2.88. The summed E-state index contributed by atoms with van der Waals surface area (Å²) in [6, 6.07) is 5.42. The van der Waals surface area contributed by atoms with Crippen LogP contribution in [0.5, 0.6) is 0 Å². The maximum Gasteiger partial charge on any atom is 0.335 e. The number of benzene rings is 1. The van der Waals surface area contributed by atoms with Gasteiger partial charge in [-0.05, 0) is 36.6 Å². The Bertz CT molecular complexity index is 416. The predicted molar refractivity (Wildman–Crippen MR) is 52.2 cm³/mol. The molecule has 0 radical (unpaired) electrons. The molecule has 0 aromatic heterocycles. The molecule has 0 aliphatic heterocycles. The lowest BCUT2D eigenvalue weighted by molar-refractivity contribution is 0.0696. The van der Waals surface area contributed by atoms with E-state index in [0.717, 1.165) is 16.7 Å². The van der Waals surface area contributed by atoms with Crippen molar-refractivity contribution in [2.75, 3.05) is 0 Å². The Labute approximate surface area is 82.6 Å². The number of carbonyl (C=O) groups is 1. The number of carboxylic acids is 1. The van der Waals surface area contributed by atoms with E-state index < -0.39 is 5.97 Å². The van der Waals surface area contributed by atoms with Crippen molar-refractivity contribution in [1.29, 1.82) is 5.26 Å². The minimum Gasteiger partial charge on any atom is -0.478 e. The molecule has 1 aromatic carbocycles. The third-order valence-corrected chi connectivity index (χ3v) is 2.24. The fraction of sp³-hybridized carbons (Fsp3) is 0.273. The summed E-state index contributed by atoms with van der Waals surface area (Å²) in [7, 11) is 0. The summed E-state index contributed by atoms with van der Waals surface area (Å²) in [5, 5.41) is 17.4. The van der Waals surface area contributed by atoms with Crippen molar-refractivity contribution in [2.24, 2.45) is 0 Å². The fourth-order valence-corrected chi connectivity index (χ4v) is 1.35. The van der Waals surface area contributed by atoms with Crippen LogP contribution in [0.2, 0.25) is 0 Å². The number of nitriles is 1. The van der Waals surface area contributed by atoms with Crippen LogP contribution in [-0.2, 0) is 6.42 Å². The van der Waals surface area contributed by atoms with Crippen molar-refractivity contribution >= 4 is 5.97 Å². The number of carboxylic acid groups (broad SMARTS) is 1. The largest absolute Gasteiger partial charge is 0.478 e. The lowest BCUT2D eigenvalue weighted by atomic mass is 9.98. The molecule has 3 nitrogen and oxygen atoms in total. The number of rotatable bonds is 2. The molecule has 14 heavy (non-hydrogen) atoms. The molecule has 0 bridgehead atoms. The Hall–Kier alpha value is -1.82. The van der Waals surface area contributed by atoms with Gasteiger partial charge >= 0.3 is 5.97 Å². The van der Waals surface area contributed by atoms with Crippen LogP contribution >= 0.6 is 0 Å². The zero-order chi connectivity index (χ0) is 10.7. The van der Waals surface area contributed by atoms with E-state index in [9.17, 15) is 4.79 Å². The van der Waals surface area contributed by atoms with E-state index >= 15 is 0 Å². The minimum atomic E-state index is -0.939. The van der Waals surface area contributed by atoms with Gasteiger partial charge in [0.1, 0.15) is 0 Å². The van der Waals surface area contributed by atoms with Crippen LogP contribution in [0, 0.1) is 25.2 Å². The highest BCUT2D eigenvalue weighted by atomic mass is 16.4. The predicted octanol–water partition coefficient (Wildman–Crippen LogP) is 2.07. The summed E-state index contributed by atoms with van der Waals surface area (Å²) >= 11 is 0. The number of nitrogens with zero attached hydrogens (tertiary/aromatic N) is 1. The third-order valence-electron chi connectivity index (χ3n) is 2.24. The molecule has 1 rings (SSSR count). The zero-order valence-electron chi connectivity index (χ0n) is 8.16. The molecule has 1 aromatic rings. The summed E-state index contributed by atoms with van der Waals surface area (Å²) < 4.78 is 0. The van der Waals surface area contributed by atoms with E-state index in [0.29, 0.717) is 0 Å². The smallest absolute Gasteiger partial charge is 0.335 e. The summed E-state index contributed by atoms with van der Waals surface area (Å²) in [5.74, 6) is -0.939. The van der Waals surface area contributed by atoms with Gasteiger partial charge in [0.2, 0.25) is 0 Å². The highest BCUT2D eigenvalue weighted by Crippen LogP contribution is 2.16. The Morgan fingerprint density at radius 2 is 2.14 bits per heavy atom. The molecule has 0 heterocycles. The number of aromatic carboxylic acids is 1. The van der Waals surface area contributed by atoms with Gasteiger partial charge in [0.05, 0.1) is 18.1 Å². The lowest BCUT2D eigenvalue weighted by Gasteiger charge is -2.06. The topological polar surface area (TPSA) is 61.1 Å². The third kappa shape index (κ3) is 1.91. The molecule has 1 N–H and O–H groups in total. The van der Waals surface area contributed by atoms with Gasteiger partial charge in [0.25, 0.3) is 0 Å². The van der Waals surface area contributed by atoms with Gasteiger partial charge in [-0.1, -0.05) is 6.07 Å². The average Bonchev–Trinajstić information content (AvgIpc) is 2.11. The van der Waals surface area contributed by atoms with E-state index in [1.165, 1.54) is 0 Å². The van der Waals surface area contributed by atoms with E-state index in [4.69, 9.17) is 10.4 Å². The van der Waals surface area contributed by atoms with Gasteiger partial charge in [-0.25, -0.2) is 4.79 Å². The second-order valence-corrected chi connectivity index (χ2v) is 3.23. The monoisotopic (exact) mass is 189 g/mol. The van der Waals surface area contributed by atoms with E-state index in [2.05, 4.69) is 0 Å². The van der Waals surface area contributed by atoms with Crippen LogP contribution in [0.3, 0.4) is 0 Å². The molecule has 72 valence electrons. The molecule has 0 aliphatic rings. The maximum absolute atomic E-state index is 10.8. The van der Waals surface area contributed by atoms with Gasteiger partial charge < -0.3 is 5.11 Å². The second kappa shape index (κ2) is 3.93. The summed E-state index contributed by atoms with van der Waals surface area (Å²) in [5.41, 5.74) is 2.72. The first-order valence-corrected chi connectivity index (χ1v) is 4.26. The second-order valence-electron chi connectivity index (χ2n) is 3.23. The first-order valence-electron chi connectivity index (χ1n) is 4.26. The first-order chi connectivity index (χ1) is 6.56. The molecule has 0 spiro atoms. The summed E-state index contributed by atoms with van der Waals surface area (Å²) in [4.78, 5) is 10.8. The van der Waals surface area contributed by atoms with Crippen LogP contribution < -0.4 is 0 Å². The minimum absolute atomic E-state index is 0.251. The van der Waals surface area contributed by atoms with E-state index in [1.807, 2.05) is 19.1 Å². The van der Waals surface area contributed by atoms with Crippen LogP contribution in [0.25, 0.3) is 0 Å². The van der Waals surface area contributed by atoms with E-state index in [1.54, 1.807) is 13.0 Å². The maximum atomic E-state index is 10.8. The quantitative estimate of drug-likeness (QED) is 0.774. The Balaban J connectivity index is 3.29. The SMILES string of the molecule is Cc1cc(CC#N)cc(C(=O)O)c1C. The zero-order valence-corrected chi connectivity index (χ0v) is 8.16. The van der Waals surface area contributed by atoms with Crippen molar-refractivity contribution in [3.8, 4) is 6.07 Å². The standard InChI is InChI=1S/C11H11NO2/c1-7-5-9(3-4-12)6-10(8(7)2)11(13)14/h5-6H,3H2,1-2H3,(H,13,14).